The number of amides is 1. The summed E-state index contributed by atoms with van der Waals surface area (Å²) >= 11 is 0. The highest BCUT2D eigenvalue weighted by atomic mass is 19.3. The van der Waals surface area contributed by atoms with Crippen LogP contribution in [0.3, 0.4) is 0 Å². The number of nitrogens with two attached hydrogens (primary N) is 1. The molecule has 1 aromatic heterocycles. The van der Waals surface area contributed by atoms with E-state index < -0.39 is 24.5 Å². The van der Waals surface area contributed by atoms with Crippen LogP contribution in [0, 0.1) is 0 Å². The number of piperidine rings is 1. The molecule has 19 heavy (non-hydrogen) atoms. The van der Waals surface area contributed by atoms with Gasteiger partial charge in [0.1, 0.15) is 6.04 Å². The number of halogens is 2. The molecule has 0 aliphatic carbocycles. The normalized spacial score (nSPS) is 22.0. The largest absolute Gasteiger partial charge is 0.465 e. The minimum Gasteiger partial charge on any atom is -0.465 e. The summed E-state index contributed by atoms with van der Waals surface area (Å²) in [6.45, 7) is -0.0213. The molecule has 1 aromatic rings. The monoisotopic (exact) mass is 272 g/mol. The molecule has 0 radical (unpaired) electrons. The number of hydrogen-bond donors (Lipinski definition) is 3. The van der Waals surface area contributed by atoms with E-state index in [2.05, 4.69) is 4.98 Å². The number of nitrogens with zero attached hydrogens (tertiary/aromatic N) is 2. The van der Waals surface area contributed by atoms with E-state index in [4.69, 9.17) is 10.8 Å². The minimum atomic E-state index is -3.06. The molecule has 1 amide bonds. The van der Waals surface area contributed by atoms with E-state index >= 15 is 0 Å². The number of rotatable bonds is 2. The van der Waals surface area contributed by atoms with Crippen molar-refractivity contribution in [3.8, 4) is 0 Å². The quantitative estimate of drug-likeness (QED) is 0.751. The number of carboxylic acid groups (broad SMARTS) is 1. The summed E-state index contributed by atoms with van der Waals surface area (Å²) in [6, 6.07) is 0.169. The van der Waals surface area contributed by atoms with Crippen molar-refractivity contribution in [3.05, 3.63) is 18.5 Å². The molecule has 2 heterocycles. The van der Waals surface area contributed by atoms with Crippen LogP contribution in [0.15, 0.2) is 18.5 Å². The number of pyridine rings is 1. The van der Waals surface area contributed by atoms with Crippen LogP contribution in [-0.4, -0.2) is 41.2 Å². The lowest BCUT2D eigenvalue weighted by Crippen LogP contribution is -2.58. The van der Waals surface area contributed by atoms with Crippen molar-refractivity contribution in [3.63, 3.8) is 0 Å². The molecule has 0 aromatic carbocycles. The third-order valence-corrected chi connectivity index (χ3v) is 3.09. The average molecular weight is 272 g/mol. The molecule has 0 spiro atoms. The van der Waals surface area contributed by atoms with Crippen LogP contribution >= 0.6 is 0 Å². The molecular formula is C11H14F2N4O2. The van der Waals surface area contributed by atoms with Crippen LogP contribution in [0.1, 0.15) is 6.42 Å². The molecule has 1 aliphatic rings. The van der Waals surface area contributed by atoms with E-state index in [-0.39, 0.29) is 13.1 Å². The molecular weight excluding hydrogens is 258 g/mol. The molecule has 1 atom stereocenters. The van der Waals surface area contributed by atoms with Gasteiger partial charge in [-0.05, 0) is 6.07 Å². The van der Waals surface area contributed by atoms with Gasteiger partial charge in [-0.15, -0.1) is 0 Å². The summed E-state index contributed by atoms with van der Waals surface area (Å²) in [6.07, 6.45) is 1.05. The smallest absolute Gasteiger partial charge is 0.405 e. The number of nitrogen functional groups attached to an aromatic ring is 1. The summed E-state index contributed by atoms with van der Waals surface area (Å²) < 4.78 is 27.2. The van der Waals surface area contributed by atoms with Crippen LogP contribution in [0.5, 0.6) is 0 Å². The van der Waals surface area contributed by atoms with Crippen molar-refractivity contribution in [2.24, 2.45) is 0 Å². The van der Waals surface area contributed by atoms with Crippen LogP contribution in [-0.2, 0) is 0 Å². The average Bonchev–Trinajstić information content (AvgIpc) is 2.32. The fourth-order valence-electron chi connectivity index (χ4n) is 2.11. The first kappa shape index (κ1) is 13.3. The molecule has 4 N–H and O–H groups in total. The van der Waals surface area contributed by atoms with Crippen LogP contribution in [0.25, 0.3) is 0 Å². The maximum atomic E-state index is 13.6. The zero-order valence-electron chi connectivity index (χ0n) is 10.0. The Labute approximate surface area is 108 Å². The highest BCUT2D eigenvalue weighted by molar-refractivity contribution is 5.68. The Morgan fingerprint density at radius 3 is 3.00 bits per heavy atom. The van der Waals surface area contributed by atoms with Crippen molar-refractivity contribution in [1.82, 2.24) is 10.3 Å². The second kappa shape index (κ2) is 4.87. The second-order valence-corrected chi connectivity index (χ2v) is 4.39. The second-order valence-electron chi connectivity index (χ2n) is 4.39. The van der Waals surface area contributed by atoms with Crippen LogP contribution < -0.4 is 16.0 Å². The van der Waals surface area contributed by atoms with Gasteiger partial charge < -0.3 is 21.1 Å². The molecule has 1 aliphatic heterocycles. The number of anilines is 2. The van der Waals surface area contributed by atoms with Gasteiger partial charge in [-0.3, -0.25) is 4.98 Å². The summed E-state index contributed by atoms with van der Waals surface area (Å²) in [7, 11) is 0. The highest BCUT2D eigenvalue weighted by Crippen LogP contribution is 2.32. The lowest BCUT2D eigenvalue weighted by molar-refractivity contribution is -0.0492. The molecule has 1 fully saturated rings. The summed E-state index contributed by atoms with van der Waals surface area (Å²) in [5.41, 5.74) is 6.70. The zero-order chi connectivity index (χ0) is 14.0. The summed E-state index contributed by atoms with van der Waals surface area (Å²) in [5, 5.41) is 10.5. The van der Waals surface area contributed by atoms with E-state index in [1.807, 2.05) is 5.32 Å². The molecule has 0 bridgehead atoms. The van der Waals surface area contributed by atoms with Gasteiger partial charge in [0.05, 0.1) is 17.6 Å². The van der Waals surface area contributed by atoms with Gasteiger partial charge in [-0.2, -0.15) is 0 Å². The first-order valence-electron chi connectivity index (χ1n) is 5.72. The van der Waals surface area contributed by atoms with E-state index in [0.29, 0.717) is 11.4 Å². The van der Waals surface area contributed by atoms with Crippen LogP contribution in [0.2, 0.25) is 0 Å². The summed E-state index contributed by atoms with van der Waals surface area (Å²) in [4.78, 5) is 16.0. The molecule has 1 saturated heterocycles. The van der Waals surface area contributed by atoms with Gasteiger partial charge in [0.25, 0.3) is 5.92 Å². The Morgan fingerprint density at radius 1 is 1.63 bits per heavy atom. The number of aromatic nitrogens is 1. The van der Waals surface area contributed by atoms with Gasteiger partial charge >= 0.3 is 6.09 Å². The standard InChI is InChI=1S/C11H14F2N4O2/c12-11(13)2-4-17(6-9(11)16-10(18)19)8-1-3-15-5-7(8)14/h1,3,5,9,16H,2,4,6,14H2,(H,18,19). The molecule has 8 heteroatoms. The minimum absolute atomic E-state index is 0.110. The fourth-order valence-corrected chi connectivity index (χ4v) is 2.11. The van der Waals surface area contributed by atoms with Gasteiger partial charge in [0.15, 0.2) is 0 Å². The van der Waals surface area contributed by atoms with E-state index in [0.717, 1.165) is 0 Å². The van der Waals surface area contributed by atoms with E-state index in [1.54, 1.807) is 11.0 Å². The lowest BCUT2D eigenvalue weighted by Gasteiger charge is -2.39. The first-order valence-corrected chi connectivity index (χ1v) is 5.72. The van der Waals surface area contributed by atoms with Crippen molar-refractivity contribution in [2.75, 3.05) is 23.7 Å². The predicted octanol–water partition coefficient (Wildman–Crippen LogP) is 1.15. The lowest BCUT2D eigenvalue weighted by atomic mass is 10.0. The molecule has 1 unspecified atom stereocenters. The van der Waals surface area contributed by atoms with Crippen molar-refractivity contribution >= 4 is 17.5 Å². The topological polar surface area (TPSA) is 91.5 Å². The zero-order valence-corrected chi connectivity index (χ0v) is 10.0. The van der Waals surface area contributed by atoms with E-state index in [1.165, 1.54) is 12.4 Å². The molecule has 104 valence electrons. The van der Waals surface area contributed by atoms with Crippen molar-refractivity contribution in [1.29, 1.82) is 0 Å². The van der Waals surface area contributed by atoms with Gasteiger partial charge in [0, 0.05) is 25.7 Å². The maximum Gasteiger partial charge on any atom is 0.405 e. The van der Waals surface area contributed by atoms with Crippen molar-refractivity contribution < 1.29 is 18.7 Å². The summed E-state index contributed by atoms with van der Waals surface area (Å²) in [5.74, 6) is -3.06. The third kappa shape index (κ3) is 2.83. The maximum absolute atomic E-state index is 13.6. The fraction of sp³-hybridized carbons (Fsp3) is 0.455. The third-order valence-electron chi connectivity index (χ3n) is 3.09. The van der Waals surface area contributed by atoms with Gasteiger partial charge in [0.2, 0.25) is 0 Å². The highest BCUT2D eigenvalue weighted by Gasteiger charge is 2.45. The molecule has 0 saturated carbocycles. The number of alkyl halides is 2. The molecule has 6 nitrogen and oxygen atoms in total. The van der Waals surface area contributed by atoms with E-state index in [9.17, 15) is 13.6 Å². The number of nitrogens with one attached hydrogen (secondary N) is 1. The Hall–Kier alpha value is -2.12. The SMILES string of the molecule is Nc1cnccc1N1CCC(F)(F)C(NC(=O)O)C1. The van der Waals surface area contributed by atoms with Crippen LogP contribution in [0.4, 0.5) is 25.0 Å². The van der Waals surface area contributed by atoms with Crippen molar-refractivity contribution in [2.45, 2.75) is 18.4 Å². The Bertz CT molecular complexity index is 484. The predicted molar refractivity (Wildman–Crippen MR) is 65.4 cm³/mol. The molecule has 2 rings (SSSR count). The van der Waals surface area contributed by atoms with Gasteiger partial charge in [-0.1, -0.05) is 0 Å². The first-order chi connectivity index (χ1) is 8.90. The van der Waals surface area contributed by atoms with Gasteiger partial charge in [-0.25, -0.2) is 13.6 Å². The Morgan fingerprint density at radius 2 is 2.37 bits per heavy atom. The number of carbonyl (C=O) groups is 1. The Kier molecular flexibility index (Phi) is 3.41. The Balaban J connectivity index is 2.18. The number of hydrogen-bond acceptors (Lipinski definition) is 4.